The fourth-order valence-electron chi connectivity index (χ4n) is 4.58. The van der Waals surface area contributed by atoms with Crippen molar-refractivity contribution in [2.24, 2.45) is 5.92 Å². The third-order valence-corrected chi connectivity index (χ3v) is 5.86. The second kappa shape index (κ2) is 11.4. The summed E-state index contributed by atoms with van der Waals surface area (Å²) in [5.41, 5.74) is 0. The van der Waals surface area contributed by atoms with Gasteiger partial charge in [-0.25, -0.2) is 9.97 Å². The molecule has 1 aromatic rings. The van der Waals surface area contributed by atoms with Gasteiger partial charge in [0.25, 0.3) is 0 Å². The Kier molecular flexibility index (Phi) is 9.19. The Morgan fingerprint density at radius 1 is 1.00 bits per heavy atom. The number of carbonyl (C=O) groups is 1. The number of nitrogens with zero attached hydrogens (tertiary/aromatic N) is 4. The number of hydrogen-bond donors (Lipinski definition) is 0. The molecule has 2 atom stereocenters. The Labute approximate surface area is 165 Å². The number of carbonyl (C=O) groups excluding carboxylic acids is 1. The number of aromatic nitrogens is 2. The van der Waals surface area contributed by atoms with Crippen LogP contribution >= 0.6 is 0 Å². The molecule has 27 heavy (non-hydrogen) atoms. The molecule has 2 saturated heterocycles. The number of hydrogen-bond acceptors (Lipinski definition) is 5. The lowest BCUT2D eigenvalue weighted by molar-refractivity contribution is -0.123. The molecule has 5 heteroatoms. The highest BCUT2D eigenvalue weighted by Gasteiger charge is 2.39. The minimum absolute atomic E-state index is 0.429. The number of fused-ring (bicyclic) bond motifs is 2. The van der Waals surface area contributed by atoms with Crippen LogP contribution in [-0.2, 0) is 4.79 Å². The van der Waals surface area contributed by atoms with Gasteiger partial charge in [0, 0.05) is 49.9 Å². The molecule has 0 amide bonds. The highest BCUT2D eigenvalue weighted by atomic mass is 16.1. The number of likely N-dealkylation sites (tertiary alicyclic amines) is 1. The average molecular weight is 375 g/mol. The van der Waals surface area contributed by atoms with Gasteiger partial charge in [-0.05, 0) is 38.8 Å². The van der Waals surface area contributed by atoms with E-state index in [0.29, 0.717) is 23.8 Å². The van der Waals surface area contributed by atoms with Crippen LogP contribution in [0.5, 0.6) is 0 Å². The van der Waals surface area contributed by atoms with Crippen LogP contribution in [0.2, 0.25) is 0 Å². The zero-order chi connectivity index (χ0) is 19.6. The summed E-state index contributed by atoms with van der Waals surface area (Å²) in [6.45, 7) is 8.26. The number of Topliss-reactive ketones (excluding diaryl/α,β-unsaturated/α-hetero) is 1. The Bertz CT molecular complexity index is 531. The number of piperazine rings is 1. The van der Waals surface area contributed by atoms with Crippen molar-refractivity contribution in [3.8, 4) is 0 Å². The van der Waals surface area contributed by atoms with Gasteiger partial charge in [-0.15, -0.1) is 0 Å². The SMILES string of the molecule is CC.CCC(=O)C1CCCCC1.CN1CC2CCC(C1)N2c1ncccn1. The fraction of sp³-hybridized carbons (Fsp3) is 0.773. The zero-order valence-corrected chi connectivity index (χ0v) is 17.7. The molecule has 0 N–H and O–H groups in total. The Morgan fingerprint density at radius 3 is 2.07 bits per heavy atom. The predicted octanol–water partition coefficient (Wildman–Crippen LogP) is 4.33. The first kappa shape index (κ1) is 21.8. The topological polar surface area (TPSA) is 49.3 Å². The summed E-state index contributed by atoms with van der Waals surface area (Å²) in [4.78, 5) is 24.7. The number of anilines is 1. The average Bonchev–Trinajstić information content (AvgIpc) is 3.02. The minimum Gasteiger partial charge on any atom is -0.332 e. The predicted molar refractivity (Wildman–Crippen MR) is 112 cm³/mol. The van der Waals surface area contributed by atoms with Gasteiger partial charge in [0.15, 0.2) is 0 Å². The van der Waals surface area contributed by atoms with Crippen LogP contribution in [0.25, 0.3) is 0 Å². The second-order valence-electron chi connectivity index (χ2n) is 7.72. The maximum atomic E-state index is 11.2. The molecular formula is C22H38N4O. The molecule has 1 aliphatic carbocycles. The van der Waals surface area contributed by atoms with E-state index in [1.807, 2.05) is 39.2 Å². The van der Waals surface area contributed by atoms with Gasteiger partial charge in [0.05, 0.1) is 0 Å². The summed E-state index contributed by atoms with van der Waals surface area (Å²) >= 11 is 0. The molecule has 0 radical (unpaired) electrons. The molecule has 0 spiro atoms. The highest BCUT2D eigenvalue weighted by molar-refractivity contribution is 5.80. The van der Waals surface area contributed by atoms with Crippen LogP contribution in [0, 0.1) is 5.92 Å². The van der Waals surface area contributed by atoms with E-state index in [-0.39, 0.29) is 0 Å². The minimum atomic E-state index is 0.429. The molecule has 152 valence electrons. The molecule has 1 aromatic heterocycles. The third-order valence-electron chi connectivity index (χ3n) is 5.86. The van der Waals surface area contributed by atoms with Gasteiger partial charge in [-0.2, -0.15) is 0 Å². The highest BCUT2D eigenvalue weighted by Crippen LogP contribution is 2.32. The van der Waals surface area contributed by atoms with Crippen molar-refractivity contribution < 1.29 is 4.79 Å². The Morgan fingerprint density at radius 2 is 1.56 bits per heavy atom. The molecule has 0 aromatic carbocycles. The van der Waals surface area contributed by atoms with E-state index < -0.39 is 0 Å². The second-order valence-corrected chi connectivity index (χ2v) is 7.72. The van der Waals surface area contributed by atoms with Gasteiger partial charge >= 0.3 is 0 Å². The van der Waals surface area contributed by atoms with E-state index in [4.69, 9.17) is 0 Å². The van der Waals surface area contributed by atoms with E-state index in [9.17, 15) is 4.79 Å². The quantitative estimate of drug-likeness (QED) is 0.788. The van der Waals surface area contributed by atoms with Crippen molar-refractivity contribution in [1.29, 1.82) is 0 Å². The van der Waals surface area contributed by atoms with Crippen molar-refractivity contribution in [1.82, 2.24) is 14.9 Å². The number of likely N-dealkylation sites (N-methyl/N-ethyl adjacent to an activating group) is 1. The van der Waals surface area contributed by atoms with Crippen LogP contribution in [0.1, 0.15) is 72.1 Å². The number of ketones is 1. The molecular weight excluding hydrogens is 336 g/mol. The van der Waals surface area contributed by atoms with Gasteiger partial charge < -0.3 is 9.80 Å². The molecule has 2 bridgehead atoms. The van der Waals surface area contributed by atoms with Crippen LogP contribution in [-0.4, -0.2) is 52.9 Å². The summed E-state index contributed by atoms with van der Waals surface area (Å²) < 4.78 is 0. The lowest BCUT2D eigenvalue weighted by Crippen LogP contribution is -2.53. The first-order valence-corrected chi connectivity index (χ1v) is 11.0. The van der Waals surface area contributed by atoms with Gasteiger partial charge in [-0.1, -0.05) is 40.0 Å². The van der Waals surface area contributed by atoms with Crippen LogP contribution in [0.3, 0.4) is 0 Å². The van der Waals surface area contributed by atoms with Crippen molar-refractivity contribution >= 4 is 11.7 Å². The molecule has 3 aliphatic rings. The van der Waals surface area contributed by atoms with Crippen LogP contribution in [0.15, 0.2) is 18.5 Å². The summed E-state index contributed by atoms with van der Waals surface area (Å²) in [5.74, 6) is 1.83. The Hall–Kier alpha value is -1.49. The van der Waals surface area contributed by atoms with Crippen LogP contribution < -0.4 is 4.90 Å². The van der Waals surface area contributed by atoms with E-state index in [2.05, 4.69) is 26.8 Å². The molecule has 4 rings (SSSR count). The largest absolute Gasteiger partial charge is 0.332 e. The van der Waals surface area contributed by atoms with E-state index >= 15 is 0 Å². The summed E-state index contributed by atoms with van der Waals surface area (Å²) in [7, 11) is 2.20. The number of rotatable bonds is 3. The van der Waals surface area contributed by atoms with Gasteiger partial charge in [-0.3, -0.25) is 4.79 Å². The summed E-state index contributed by atoms with van der Waals surface area (Å²) in [6.07, 6.45) is 13.2. The van der Waals surface area contributed by atoms with Crippen LogP contribution in [0.4, 0.5) is 5.95 Å². The van der Waals surface area contributed by atoms with Gasteiger partial charge in [0.2, 0.25) is 5.95 Å². The lowest BCUT2D eigenvalue weighted by atomic mass is 9.85. The first-order chi connectivity index (χ1) is 13.2. The molecule has 2 aliphatic heterocycles. The van der Waals surface area contributed by atoms with E-state index in [0.717, 1.165) is 38.3 Å². The van der Waals surface area contributed by atoms with Crippen molar-refractivity contribution in [3.05, 3.63) is 18.5 Å². The lowest BCUT2D eigenvalue weighted by Gasteiger charge is -2.39. The molecule has 5 nitrogen and oxygen atoms in total. The first-order valence-electron chi connectivity index (χ1n) is 11.0. The standard InChI is InChI=1S/C11H16N4.C9H16O.C2H6/c1-14-7-9-3-4-10(8-14)15(9)11-12-5-2-6-13-11;1-2-9(10)8-6-4-3-5-7-8;1-2/h2,5-6,9-10H,3-4,7-8H2,1H3;8H,2-7H2,1H3;1-2H3. The summed E-state index contributed by atoms with van der Waals surface area (Å²) in [6, 6.07) is 3.12. The molecule has 3 fully saturated rings. The van der Waals surface area contributed by atoms with Crippen molar-refractivity contribution in [3.63, 3.8) is 0 Å². The zero-order valence-electron chi connectivity index (χ0n) is 17.7. The third kappa shape index (κ3) is 6.00. The maximum absolute atomic E-state index is 11.2. The molecule has 1 saturated carbocycles. The maximum Gasteiger partial charge on any atom is 0.225 e. The monoisotopic (exact) mass is 374 g/mol. The van der Waals surface area contributed by atoms with E-state index in [1.54, 1.807) is 0 Å². The normalized spacial score (nSPS) is 25.1. The molecule has 2 unspecified atom stereocenters. The smallest absolute Gasteiger partial charge is 0.225 e. The summed E-state index contributed by atoms with van der Waals surface area (Å²) in [5, 5.41) is 0. The van der Waals surface area contributed by atoms with Crippen molar-refractivity contribution in [2.75, 3.05) is 25.0 Å². The van der Waals surface area contributed by atoms with E-state index in [1.165, 1.54) is 32.1 Å². The van der Waals surface area contributed by atoms with Crippen molar-refractivity contribution in [2.45, 2.75) is 84.2 Å². The fourth-order valence-corrected chi connectivity index (χ4v) is 4.58. The molecule has 3 heterocycles. The van der Waals surface area contributed by atoms with Gasteiger partial charge in [0.1, 0.15) is 5.78 Å². The Balaban J connectivity index is 0.000000191.